The number of rotatable bonds is 8. The molecule has 0 saturated heterocycles. The van der Waals surface area contributed by atoms with Crippen LogP contribution in [0.4, 0.5) is 0 Å². The molecule has 0 fully saturated rings. The largest absolute Gasteiger partial charge is 0.481 e. The van der Waals surface area contributed by atoms with Crippen molar-refractivity contribution in [1.82, 2.24) is 0 Å². The number of carbonyl (C=O) groups is 2. The molecule has 0 aliphatic heterocycles. The molecule has 0 aromatic heterocycles. The summed E-state index contributed by atoms with van der Waals surface area (Å²) in [5.74, 6) is -1.50. The minimum absolute atomic E-state index is 0.135. The number of carboxylic acids is 1. The second-order valence-corrected chi connectivity index (χ2v) is 4.82. The molecule has 0 spiro atoms. The second-order valence-electron chi connectivity index (χ2n) is 4.82. The molecule has 0 saturated carbocycles. The van der Waals surface area contributed by atoms with E-state index in [9.17, 15) is 9.59 Å². The van der Waals surface area contributed by atoms with Crippen molar-refractivity contribution in [2.24, 2.45) is 0 Å². The molecule has 0 bridgehead atoms. The van der Waals surface area contributed by atoms with Crippen molar-refractivity contribution in [3.63, 3.8) is 0 Å². The van der Waals surface area contributed by atoms with Gasteiger partial charge in [-0.2, -0.15) is 0 Å². The Balaban J connectivity index is 4.28. The van der Waals surface area contributed by atoms with Gasteiger partial charge in [0, 0.05) is 6.61 Å². The van der Waals surface area contributed by atoms with Gasteiger partial charge >= 0.3 is 11.9 Å². The van der Waals surface area contributed by atoms with Crippen molar-refractivity contribution >= 4 is 11.9 Å². The van der Waals surface area contributed by atoms with Gasteiger partial charge in [-0.05, 0) is 6.92 Å². The molecular weight excluding hydrogens is 226 g/mol. The number of likely N-dealkylation sites (N-methyl/N-ethyl adjacent to an activating group) is 1. The first-order valence-corrected chi connectivity index (χ1v) is 5.54. The van der Waals surface area contributed by atoms with Gasteiger partial charge in [-0.1, -0.05) is 0 Å². The van der Waals surface area contributed by atoms with Gasteiger partial charge in [0.25, 0.3) is 0 Å². The Morgan fingerprint density at radius 2 is 1.88 bits per heavy atom. The number of hydrogen-bond donors (Lipinski definition) is 1. The molecule has 0 aliphatic rings. The number of hydrogen-bond acceptors (Lipinski definition) is 4. The summed E-state index contributed by atoms with van der Waals surface area (Å²) in [6.45, 7) is 2.51. The van der Waals surface area contributed by atoms with E-state index in [0.717, 1.165) is 0 Å². The topological polar surface area (TPSA) is 72.8 Å². The number of esters is 1. The average molecular weight is 248 g/mol. The summed E-state index contributed by atoms with van der Waals surface area (Å²) in [6.07, 6.45) is -0.812. The van der Waals surface area contributed by atoms with Crippen LogP contribution < -0.4 is 0 Å². The standard InChI is InChI=1S/C11H21NO5/c1-5-16-8-11(15)17-9(6-10(13)14)7-12(2,3)4/h9H,5-8H2,1-4H3/p+1. The summed E-state index contributed by atoms with van der Waals surface area (Å²) in [5.41, 5.74) is 0. The summed E-state index contributed by atoms with van der Waals surface area (Å²) < 4.78 is 10.5. The van der Waals surface area contributed by atoms with E-state index in [-0.39, 0.29) is 13.0 Å². The summed E-state index contributed by atoms with van der Waals surface area (Å²) in [5, 5.41) is 8.74. The molecule has 0 aromatic carbocycles. The third kappa shape index (κ3) is 9.77. The van der Waals surface area contributed by atoms with Crippen LogP contribution in [0.25, 0.3) is 0 Å². The first-order chi connectivity index (χ1) is 7.74. The van der Waals surface area contributed by atoms with E-state index in [1.165, 1.54) is 0 Å². The third-order valence-corrected chi connectivity index (χ3v) is 1.88. The van der Waals surface area contributed by atoms with E-state index in [1.807, 2.05) is 21.1 Å². The van der Waals surface area contributed by atoms with Gasteiger partial charge < -0.3 is 19.1 Å². The van der Waals surface area contributed by atoms with Crippen LogP contribution in [0.2, 0.25) is 0 Å². The lowest BCUT2D eigenvalue weighted by molar-refractivity contribution is -0.873. The maximum Gasteiger partial charge on any atom is 0.332 e. The minimum atomic E-state index is -0.979. The average Bonchev–Trinajstić information content (AvgIpc) is 2.10. The summed E-state index contributed by atoms with van der Waals surface area (Å²) >= 11 is 0. The Kier molecular flexibility index (Phi) is 6.75. The van der Waals surface area contributed by atoms with E-state index in [2.05, 4.69) is 0 Å². The van der Waals surface area contributed by atoms with Gasteiger partial charge in [0.2, 0.25) is 0 Å². The lowest BCUT2D eigenvalue weighted by Crippen LogP contribution is -2.44. The van der Waals surface area contributed by atoms with Crippen LogP contribution in [0.3, 0.4) is 0 Å². The van der Waals surface area contributed by atoms with E-state index in [0.29, 0.717) is 17.6 Å². The number of aliphatic carboxylic acids is 1. The van der Waals surface area contributed by atoms with Crippen molar-refractivity contribution in [2.75, 3.05) is 40.9 Å². The van der Waals surface area contributed by atoms with Crippen molar-refractivity contribution in [2.45, 2.75) is 19.4 Å². The molecule has 0 rings (SSSR count). The van der Waals surface area contributed by atoms with Gasteiger partial charge in [0.1, 0.15) is 13.2 Å². The monoisotopic (exact) mass is 248 g/mol. The predicted molar refractivity (Wildman–Crippen MR) is 61.5 cm³/mol. The first kappa shape index (κ1) is 15.9. The molecular formula is C11H22NO5+. The lowest BCUT2D eigenvalue weighted by Gasteiger charge is -2.28. The second kappa shape index (κ2) is 7.24. The van der Waals surface area contributed by atoms with Crippen LogP contribution in [0.5, 0.6) is 0 Å². The van der Waals surface area contributed by atoms with Gasteiger partial charge in [-0.25, -0.2) is 4.79 Å². The zero-order chi connectivity index (χ0) is 13.5. The SMILES string of the molecule is CCOCC(=O)OC(CC(=O)O)C[N+](C)(C)C. The van der Waals surface area contributed by atoms with Crippen molar-refractivity contribution in [1.29, 1.82) is 0 Å². The van der Waals surface area contributed by atoms with Gasteiger partial charge in [0.15, 0.2) is 6.10 Å². The smallest absolute Gasteiger partial charge is 0.332 e. The highest BCUT2D eigenvalue weighted by atomic mass is 16.6. The summed E-state index contributed by atoms with van der Waals surface area (Å²) in [6, 6.07) is 0. The van der Waals surface area contributed by atoms with Gasteiger partial charge in [-0.3, -0.25) is 4.79 Å². The zero-order valence-corrected chi connectivity index (χ0v) is 10.9. The fraction of sp³-hybridized carbons (Fsp3) is 0.818. The van der Waals surface area contributed by atoms with Crippen molar-refractivity contribution in [3.05, 3.63) is 0 Å². The fourth-order valence-electron chi connectivity index (χ4n) is 1.35. The molecule has 0 amide bonds. The number of ether oxygens (including phenoxy) is 2. The Morgan fingerprint density at radius 3 is 2.29 bits per heavy atom. The Hall–Kier alpha value is -1.14. The molecule has 0 radical (unpaired) electrons. The van der Waals surface area contributed by atoms with Crippen LogP contribution in [0.1, 0.15) is 13.3 Å². The molecule has 6 nitrogen and oxygen atoms in total. The maximum atomic E-state index is 11.3. The van der Waals surface area contributed by atoms with Crippen LogP contribution in [0.15, 0.2) is 0 Å². The molecule has 1 unspecified atom stereocenters. The maximum absolute atomic E-state index is 11.3. The Morgan fingerprint density at radius 1 is 1.29 bits per heavy atom. The summed E-state index contributed by atoms with van der Waals surface area (Å²) in [7, 11) is 5.72. The molecule has 100 valence electrons. The van der Waals surface area contributed by atoms with Crippen molar-refractivity contribution in [3.8, 4) is 0 Å². The molecule has 17 heavy (non-hydrogen) atoms. The quantitative estimate of drug-likeness (QED) is 0.488. The molecule has 0 heterocycles. The third-order valence-electron chi connectivity index (χ3n) is 1.88. The minimum Gasteiger partial charge on any atom is -0.481 e. The molecule has 0 aromatic rings. The Labute approximate surface area is 102 Å². The molecule has 1 N–H and O–H groups in total. The number of quaternary nitrogens is 1. The zero-order valence-electron chi connectivity index (χ0n) is 10.9. The van der Waals surface area contributed by atoms with Crippen LogP contribution in [0, 0.1) is 0 Å². The number of carboxylic acid groups (broad SMARTS) is 1. The molecule has 1 atom stereocenters. The number of nitrogens with zero attached hydrogens (tertiary/aromatic N) is 1. The molecule has 6 heteroatoms. The predicted octanol–water partition coefficient (Wildman–Crippen LogP) is 0.116. The summed E-state index contributed by atoms with van der Waals surface area (Å²) in [4.78, 5) is 22.0. The lowest BCUT2D eigenvalue weighted by atomic mass is 10.2. The highest BCUT2D eigenvalue weighted by molar-refractivity contribution is 5.72. The Bertz CT molecular complexity index is 259. The van der Waals surface area contributed by atoms with Gasteiger partial charge in [-0.15, -0.1) is 0 Å². The number of carbonyl (C=O) groups excluding carboxylic acids is 1. The first-order valence-electron chi connectivity index (χ1n) is 5.54. The highest BCUT2D eigenvalue weighted by Gasteiger charge is 2.24. The van der Waals surface area contributed by atoms with E-state index in [1.54, 1.807) is 6.92 Å². The van der Waals surface area contributed by atoms with Crippen LogP contribution in [-0.4, -0.2) is 68.5 Å². The van der Waals surface area contributed by atoms with Gasteiger partial charge in [0.05, 0.1) is 27.6 Å². The van der Waals surface area contributed by atoms with Crippen molar-refractivity contribution < 1.29 is 28.7 Å². The van der Waals surface area contributed by atoms with E-state index < -0.39 is 18.0 Å². The fourth-order valence-corrected chi connectivity index (χ4v) is 1.35. The highest BCUT2D eigenvalue weighted by Crippen LogP contribution is 2.05. The van der Waals surface area contributed by atoms with Crippen LogP contribution in [-0.2, 0) is 19.1 Å². The van der Waals surface area contributed by atoms with E-state index in [4.69, 9.17) is 14.6 Å². The molecule has 0 aliphatic carbocycles. The normalized spacial score (nSPS) is 13.2. The van der Waals surface area contributed by atoms with E-state index >= 15 is 0 Å². The van der Waals surface area contributed by atoms with Crippen LogP contribution >= 0.6 is 0 Å².